The molecule has 0 rings (SSSR count). The predicted octanol–water partition coefficient (Wildman–Crippen LogP) is 16.6. The second kappa shape index (κ2) is 27.5. The lowest BCUT2D eigenvalue weighted by Gasteiger charge is -2.60. The molecule has 0 saturated heterocycles. The summed E-state index contributed by atoms with van der Waals surface area (Å²) in [5, 5.41) is 1.71. The van der Waals surface area contributed by atoms with E-state index in [0.29, 0.717) is 15.5 Å². The standard InChI is InChI=1S/C42H87P/c1-10-19-22-25-28-31-34-37-40(13-4,14-5)43(41(15-6,16-7)38-35-32-29-26-23-20-11-2)42(17-8,18-9)39-36-33-30-27-24-21-12-3/h10-39H2,1-9H3. The van der Waals surface area contributed by atoms with Gasteiger partial charge in [0.05, 0.1) is 0 Å². The molecule has 0 aliphatic heterocycles. The minimum atomic E-state index is -0.0950. The Balaban J connectivity index is 6.17. The second-order valence-electron chi connectivity index (χ2n) is 14.7. The minimum Gasteiger partial charge on any atom is -0.0877 e. The molecular formula is C42H87P. The zero-order valence-corrected chi connectivity index (χ0v) is 33.1. The van der Waals surface area contributed by atoms with Gasteiger partial charge < -0.3 is 0 Å². The van der Waals surface area contributed by atoms with Crippen LogP contribution in [0.5, 0.6) is 0 Å². The lowest BCUT2D eigenvalue weighted by atomic mass is 9.91. The number of hydrogen-bond acceptors (Lipinski definition) is 0. The van der Waals surface area contributed by atoms with Crippen LogP contribution in [0, 0.1) is 0 Å². The molecule has 0 aliphatic rings. The highest BCUT2D eigenvalue weighted by Crippen LogP contribution is 2.76. The highest BCUT2D eigenvalue weighted by molar-refractivity contribution is 7.62. The molecule has 0 heterocycles. The number of unbranched alkanes of at least 4 members (excludes halogenated alkanes) is 18. The number of rotatable bonds is 33. The summed E-state index contributed by atoms with van der Waals surface area (Å²) in [4.78, 5) is 0. The van der Waals surface area contributed by atoms with Gasteiger partial charge in [0.25, 0.3) is 0 Å². The maximum absolute atomic E-state index is 2.62. The van der Waals surface area contributed by atoms with Gasteiger partial charge in [-0.1, -0.05) is 205 Å². The molecule has 0 fully saturated rings. The average molecular weight is 623 g/mol. The molecule has 0 N–H and O–H groups in total. The Morgan fingerprint density at radius 1 is 0.256 bits per heavy atom. The van der Waals surface area contributed by atoms with Gasteiger partial charge in [-0.2, -0.15) is 0 Å². The van der Waals surface area contributed by atoms with E-state index in [-0.39, 0.29) is 7.92 Å². The lowest BCUT2D eigenvalue weighted by Crippen LogP contribution is -2.47. The van der Waals surface area contributed by atoms with Crippen LogP contribution in [0.15, 0.2) is 0 Å². The normalized spacial score (nSPS) is 13.0. The van der Waals surface area contributed by atoms with Gasteiger partial charge in [-0.15, -0.1) is 0 Å². The van der Waals surface area contributed by atoms with E-state index < -0.39 is 0 Å². The Kier molecular flexibility index (Phi) is 27.8. The van der Waals surface area contributed by atoms with E-state index in [1.807, 2.05) is 0 Å². The maximum Gasteiger partial charge on any atom is -0.00897 e. The summed E-state index contributed by atoms with van der Waals surface area (Å²) in [5.41, 5.74) is 0. The van der Waals surface area contributed by atoms with E-state index >= 15 is 0 Å². The summed E-state index contributed by atoms with van der Waals surface area (Å²) in [6.07, 6.45) is 43.5. The zero-order chi connectivity index (χ0) is 32.3. The summed E-state index contributed by atoms with van der Waals surface area (Å²) in [7, 11) is -0.0950. The van der Waals surface area contributed by atoms with Gasteiger partial charge in [-0.05, 0) is 73.3 Å². The molecule has 0 radical (unpaired) electrons. The molecule has 0 nitrogen and oxygen atoms in total. The molecule has 0 aromatic heterocycles. The van der Waals surface area contributed by atoms with Gasteiger partial charge in [-0.3, -0.25) is 0 Å². The van der Waals surface area contributed by atoms with Crippen molar-refractivity contribution < 1.29 is 0 Å². The highest BCUT2D eigenvalue weighted by atomic mass is 31.1. The molecular weight excluding hydrogens is 535 g/mol. The summed E-state index contributed by atoms with van der Waals surface area (Å²) in [6, 6.07) is 0. The van der Waals surface area contributed by atoms with Crippen LogP contribution in [0.3, 0.4) is 0 Å². The van der Waals surface area contributed by atoms with E-state index in [9.17, 15) is 0 Å². The van der Waals surface area contributed by atoms with Crippen LogP contribution in [0.1, 0.15) is 255 Å². The van der Waals surface area contributed by atoms with Crippen molar-refractivity contribution >= 4 is 7.92 Å². The van der Waals surface area contributed by atoms with Crippen LogP contribution in [0.4, 0.5) is 0 Å². The van der Waals surface area contributed by atoms with E-state index in [4.69, 9.17) is 0 Å². The lowest BCUT2D eigenvalue weighted by molar-refractivity contribution is 0.373. The van der Waals surface area contributed by atoms with Crippen LogP contribution in [-0.2, 0) is 0 Å². The van der Waals surface area contributed by atoms with E-state index in [1.165, 1.54) is 193 Å². The minimum absolute atomic E-state index is 0.0950. The first-order valence-electron chi connectivity index (χ1n) is 20.7. The van der Waals surface area contributed by atoms with Crippen molar-refractivity contribution in [2.45, 2.75) is 270 Å². The first kappa shape index (κ1) is 43.4. The largest absolute Gasteiger partial charge is 0.0877 e. The van der Waals surface area contributed by atoms with Gasteiger partial charge in [0, 0.05) is 0 Å². The van der Waals surface area contributed by atoms with Crippen LogP contribution in [0.2, 0.25) is 0 Å². The van der Waals surface area contributed by atoms with Gasteiger partial charge in [0.2, 0.25) is 0 Å². The van der Waals surface area contributed by atoms with E-state index in [0.717, 1.165) is 0 Å². The van der Waals surface area contributed by atoms with Crippen molar-refractivity contribution in [3.8, 4) is 0 Å². The monoisotopic (exact) mass is 623 g/mol. The van der Waals surface area contributed by atoms with Crippen molar-refractivity contribution in [2.75, 3.05) is 0 Å². The molecule has 0 aromatic rings. The third-order valence-electron chi connectivity index (χ3n) is 12.1. The fraction of sp³-hybridized carbons (Fsp3) is 1.00. The SMILES string of the molecule is CCCCCCCCCC(CC)(CC)P(C(CC)(CC)CCCCCCCCC)C(CC)(CC)CCCCCCCCC. The van der Waals surface area contributed by atoms with Crippen molar-refractivity contribution in [3.05, 3.63) is 0 Å². The fourth-order valence-corrected chi connectivity index (χ4v) is 14.9. The molecule has 0 atom stereocenters. The third-order valence-corrected chi connectivity index (χ3v) is 17.5. The quantitative estimate of drug-likeness (QED) is 0.0504. The molecule has 1 heteroatoms. The summed E-state index contributed by atoms with van der Waals surface area (Å²) >= 11 is 0. The van der Waals surface area contributed by atoms with Crippen molar-refractivity contribution in [2.24, 2.45) is 0 Å². The first-order valence-corrected chi connectivity index (χ1v) is 22.1. The number of hydrogen-bond donors (Lipinski definition) is 0. The van der Waals surface area contributed by atoms with E-state index in [2.05, 4.69) is 62.3 Å². The van der Waals surface area contributed by atoms with Crippen LogP contribution in [0.25, 0.3) is 0 Å². The Morgan fingerprint density at radius 2 is 0.442 bits per heavy atom. The molecule has 0 aliphatic carbocycles. The molecule has 0 unspecified atom stereocenters. The fourth-order valence-electron chi connectivity index (χ4n) is 8.84. The molecule has 260 valence electrons. The summed E-state index contributed by atoms with van der Waals surface area (Å²) in [6.45, 7) is 22.8. The highest BCUT2D eigenvalue weighted by Gasteiger charge is 2.54. The molecule has 0 spiro atoms. The van der Waals surface area contributed by atoms with Crippen molar-refractivity contribution in [3.63, 3.8) is 0 Å². The zero-order valence-electron chi connectivity index (χ0n) is 32.2. The second-order valence-corrected chi connectivity index (χ2v) is 18.3. The smallest absolute Gasteiger partial charge is 0.00897 e. The van der Waals surface area contributed by atoms with Gasteiger partial charge in [-0.25, -0.2) is 0 Å². The van der Waals surface area contributed by atoms with Crippen molar-refractivity contribution in [1.82, 2.24) is 0 Å². The topological polar surface area (TPSA) is 0 Å². The maximum atomic E-state index is 2.62. The Hall–Kier alpha value is 0.430. The molecule has 0 bridgehead atoms. The molecule has 43 heavy (non-hydrogen) atoms. The van der Waals surface area contributed by atoms with Crippen molar-refractivity contribution in [1.29, 1.82) is 0 Å². The predicted molar refractivity (Wildman–Crippen MR) is 205 cm³/mol. The Labute approximate surface area is 277 Å². The van der Waals surface area contributed by atoms with Gasteiger partial charge in [0.15, 0.2) is 0 Å². The third kappa shape index (κ3) is 15.7. The Morgan fingerprint density at radius 3 is 0.628 bits per heavy atom. The van der Waals surface area contributed by atoms with Crippen LogP contribution < -0.4 is 0 Å². The van der Waals surface area contributed by atoms with Gasteiger partial charge in [0.1, 0.15) is 0 Å². The van der Waals surface area contributed by atoms with Crippen LogP contribution in [-0.4, -0.2) is 15.5 Å². The molecule has 0 saturated carbocycles. The van der Waals surface area contributed by atoms with Gasteiger partial charge >= 0.3 is 0 Å². The summed E-state index contributed by atoms with van der Waals surface area (Å²) < 4.78 is 0. The average Bonchev–Trinajstić information content (AvgIpc) is 3.04. The Bertz CT molecular complexity index is 487. The molecule has 0 amide bonds. The molecule has 0 aromatic carbocycles. The summed E-state index contributed by atoms with van der Waals surface area (Å²) in [5.74, 6) is 0. The van der Waals surface area contributed by atoms with E-state index in [1.54, 1.807) is 0 Å². The first-order chi connectivity index (χ1) is 20.9. The van der Waals surface area contributed by atoms with Crippen LogP contribution >= 0.6 is 7.92 Å².